The number of carbonyl (C=O) groups is 2. The third kappa shape index (κ3) is 2.65. The van der Waals surface area contributed by atoms with E-state index in [-0.39, 0.29) is 5.91 Å². The Balaban J connectivity index is 2.43. The van der Waals surface area contributed by atoms with Crippen molar-refractivity contribution in [1.29, 1.82) is 0 Å². The first-order valence-corrected chi connectivity index (χ1v) is 7.61. The van der Waals surface area contributed by atoms with Crippen LogP contribution >= 0.6 is 15.9 Å². The van der Waals surface area contributed by atoms with E-state index in [0.29, 0.717) is 40.9 Å². The summed E-state index contributed by atoms with van der Waals surface area (Å²) in [5.41, 5.74) is -0.837. The third-order valence-electron chi connectivity index (χ3n) is 4.04. The van der Waals surface area contributed by atoms with Gasteiger partial charge in [0.1, 0.15) is 21.5 Å². The van der Waals surface area contributed by atoms with Crippen LogP contribution in [0.15, 0.2) is 16.6 Å². The fraction of sp³-hybridized carbons (Fsp3) is 0.467. The normalized spacial score (nSPS) is 20.8. The molecule has 0 bridgehead atoms. The van der Waals surface area contributed by atoms with Gasteiger partial charge >= 0.3 is 5.97 Å². The van der Waals surface area contributed by atoms with Gasteiger partial charge in [0.05, 0.1) is 14.2 Å². The van der Waals surface area contributed by atoms with E-state index in [1.807, 2.05) is 0 Å². The fourth-order valence-corrected chi connectivity index (χ4v) is 3.21. The molecule has 1 aromatic carbocycles. The number of carbonyl (C=O) groups excluding carboxylic acids is 1. The Hall–Kier alpha value is -1.76. The summed E-state index contributed by atoms with van der Waals surface area (Å²) in [4.78, 5) is 25.7. The monoisotopic (exact) mass is 371 g/mol. The largest absolute Gasteiger partial charge is 0.495 e. The minimum absolute atomic E-state index is 0.339. The summed E-state index contributed by atoms with van der Waals surface area (Å²) >= 11 is 3.35. The lowest BCUT2D eigenvalue weighted by Gasteiger charge is -2.31. The molecule has 2 rings (SSSR count). The summed E-state index contributed by atoms with van der Waals surface area (Å²) in [5.74, 6) is -0.418. The van der Waals surface area contributed by atoms with Crippen LogP contribution in [0.3, 0.4) is 0 Å². The molecule has 6 nitrogen and oxygen atoms in total. The molecule has 0 aliphatic carbocycles. The van der Waals surface area contributed by atoms with Crippen LogP contribution in [0, 0.1) is 0 Å². The van der Waals surface area contributed by atoms with E-state index in [1.165, 1.54) is 19.1 Å². The predicted octanol–water partition coefficient (Wildman–Crippen LogP) is 2.55. The van der Waals surface area contributed by atoms with Crippen molar-refractivity contribution in [3.63, 3.8) is 0 Å². The van der Waals surface area contributed by atoms with Crippen molar-refractivity contribution in [2.24, 2.45) is 0 Å². The highest BCUT2D eigenvalue weighted by Crippen LogP contribution is 2.37. The maximum absolute atomic E-state index is 12.8. The Morgan fingerprint density at radius 1 is 1.27 bits per heavy atom. The molecule has 1 aliphatic heterocycles. The second kappa shape index (κ2) is 6.16. The molecule has 0 radical (unpaired) electrons. The molecule has 7 heteroatoms. The number of ether oxygens (including phenoxy) is 2. The molecule has 22 heavy (non-hydrogen) atoms. The van der Waals surface area contributed by atoms with Crippen molar-refractivity contribution in [1.82, 2.24) is 4.90 Å². The van der Waals surface area contributed by atoms with Crippen LogP contribution in [-0.4, -0.2) is 48.2 Å². The number of methoxy groups -OCH3 is 2. The maximum Gasteiger partial charge on any atom is 0.329 e. The highest BCUT2D eigenvalue weighted by molar-refractivity contribution is 9.10. The first-order valence-electron chi connectivity index (χ1n) is 6.82. The predicted molar refractivity (Wildman–Crippen MR) is 83.6 cm³/mol. The lowest BCUT2D eigenvalue weighted by Crippen LogP contribution is -2.50. The van der Waals surface area contributed by atoms with Crippen LogP contribution in [0.25, 0.3) is 0 Å². The molecular weight excluding hydrogens is 354 g/mol. The van der Waals surface area contributed by atoms with Crippen molar-refractivity contribution in [2.75, 3.05) is 20.8 Å². The van der Waals surface area contributed by atoms with Crippen molar-refractivity contribution in [3.05, 3.63) is 22.2 Å². The van der Waals surface area contributed by atoms with Crippen LogP contribution in [-0.2, 0) is 4.79 Å². The van der Waals surface area contributed by atoms with Crippen molar-refractivity contribution in [2.45, 2.75) is 25.3 Å². The number of carboxylic acid groups (broad SMARTS) is 1. The van der Waals surface area contributed by atoms with Crippen molar-refractivity contribution < 1.29 is 24.2 Å². The van der Waals surface area contributed by atoms with E-state index in [9.17, 15) is 14.7 Å². The number of amides is 1. The van der Waals surface area contributed by atoms with Gasteiger partial charge in [0.2, 0.25) is 0 Å². The number of aliphatic carboxylic acids is 1. The summed E-state index contributed by atoms with van der Waals surface area (Å²) in [7, 11) is 2.98. The minimum atomic E-state index is -1.18. The van der Waals surface area contributed by atoms with Gasteiger partial charge in [-0.05, 0) is 47.8 Å². The first kappa shape index (κ1) is 16.6. The number of nitrogens with zero attached hydrogens (tertiary/aromatic N) is 1. The standard InChI is InChI=1S/C15H18BrNO5/c1-15(14(19)20)5-4-6-17(15)13(18)9-7-10(21-2)12(16)11(8-9)22-3/h7-8H,4-6H2,1-3H3,(H,19,20). The van der Waals surface area contributed by atoms with Gasteiger partial charge in [-0.15, -0.1) is 0 Å². The number of hydrogen-bond acceptors (Lipinski definition) is 4. The quantitative estimate of drug-likeness (QED) is 0.879. The van der Waals surface area contributed by atoms with Gasteiger partial charge in [0, 0.05) is 12.1 Å². The van der Waals surface area contributed by atoms with Gasteiger partial charge in [-0.25, -0.2) is 4.79 Å². The Bertz CT molecular complexity index is 593. The van der Waals surface area contributed by atoms with E-state index >= 15 is 0 Å². The first-order chi connectivity index (χ1) is 10.3. The average molecular weight is 372 g/mol. The Kier molecular flexibility index (Phi) is 4.65. The zero-order chi connectivity index (χ0) is 16.5. The van der Waals surface area contributed by atoms with E-state index in [1.54, 1.807) is 19.1 Å². The molecule has 1 aromatic rings. The Morgan fingerprint density at radius 2 is 1.82 bits per heavy atom. The SMILES string of the molecule is COc1cc(C(=O)N2CCCC2(C)C(=O)O)cc(OC)c1Br. The Labute approximate surface area is 137 Å². The lowest BCUT2D eigenvalue weighted by atomic mass is 9.98. The number of rotatable bonds is 4. The number of benzene rings is 1. The number of likely N-dealkylation sites (tertiary alicyclic amines) is 1. The molecule has 0 saturated carbocycles. The lowest BCUT2D eigenvalue weighted by molar-refractivity contribution is -0.147. The van der Waals surface area contributed by atoms with Gasteiger partial charge < -0.3 is 19.5 Å². The van der Waals surface area contributed by atoms with Crippen LogP contribution in [0.5, 0.6) is 11.5 Å². The molecule has 1 unspecified atom stereocenters. The fourth-order valence-electron chi connectivity index (χ4n) is 2.66. The molecule has 1 aliphatic rings. The van der Waals surface area contributed by atoms with Crippen LogP contribution in [0.2, 0.25) is 0 Å². The van der Waals surface area contributed by atoms with Gasteiger partial charge in [-0.3, -0.25) is 4.79 Å². The number of halogens is 1. The molecule has 0 aromatic heterocycles. The summed E-state index contributed by atoms with van der Waals surface area (Å²) in [5, 5.41) is 9.43. The highest BCUT2D eigenvalue weighted by atomic mass is 79.9. The van der Waals surface area contributed by atoms with Crippen LogP contribution in [0.4, 0.5) is 0 Å². The second-order valence-electron chi connectivity index (χ2n) is 5.33. The van der Waals surface area contributed by atoms with E-state index in [0.717, 1.165) is 0 Å². The molecule has 120 valence electrons. The average Bonchev–Trinajstić information content (AvgIpc) is 2.90. The van der Waals surface area contributed by atoms with Gasteiger partial charge in [0.25, 0.3) is 5.91 Å². The molecule has 1 amide bonds. The number of carboxylic acids is 1. The van der Waals surface area contributed by atoms with Crippen molar-refractivity contribution in [3.8, 4) is 11.5 Å². The molecule has 1 saturated heterocycles. The zero-order valence-corrected chi connectivity index (χ0v) is 14.3. The molecule has 0 spiro atoms. The third-order valence-corrected chi connectivity index (χ3v) is 4.82. The molecular formula is C15H18BrNO5. The van der Waals surface area contributed by atoms with Crippen molar-refractivity contribution >= 4 is 27.8 Å². The van der Waals surface area contributed by atoms with Gasteiger partial charge in [-0.1, -0.05) is 0 Å². The maximum atomic E-state index is 12.8. The number of hydrogen-bond donors (Lipinski definition) is 1. The molecule has 1 heterocycles. The molecule has 1 atom stereocenters. The smallest absolute Gasteiger partial charge is 0.329 e. The molecule has 1 N–H and O–H groups in total. The minimum Gasteiger partial charge on any atom is -0.495 e. The molecule has 1 fully saturated rings. The highest BCUT2D eigenvalue weighted by Gasteiger charge is 2.46. The summed E-state index contributed by atoms with van der Waals surface area (Å²) < 4.78 is 11.1. The van der Waals surface area contributed by atoms with E-state index < -0.39 is 11.5 Å². The summed E-state index contributed by atoms with van der Waals surface area (Å²) in [6.45, 7) is 2.00. The zero-order valence-electron chi connectivity index (χ0n) is 12.7. The summed E-state index contributed by atoms with van der Waals surface area (Å²) in [6.07, 6.45) is 1.11. The van der Waals surface area contributed by atoms with E-state index in [4.69, 9.17) is 9.47 Å². The Morgan fingerprint density at radius 3 is 2.27 bits per heavy atom. The second-order valence-corrected chi connectivity index (χ2v) is 6.13. The van der Waals surface area contributed by atoms with Crippen LogP contribution < -0.4 is 9.47 Å². The van der Waals surface area contributed by atoms with Gasteiger partial charge in [-0.2, -0.15) is 0 Å². The van der Waals surface area contributed by atoms with Crippen LogP contribution in [0.1, 0.15) is 30.1 Å². The summed E-state index contributed by atoms with van der Waals surface area (Å²) in [6, 6.07) is 3.16. The topological polar surface area (TPSA) is 76.1 Å². The van der Waals surface area contributed by atoms with E-state index in [2.05, 4.69) is 15.9 Å². The van der Waals surface area contributed by atoms with Gasteiger partial charge in [0.15, 0.2) is 0 Å².